The third kappa shape index (κ3) is 2.06. The van der Waals surface area contributed by atoms with Gasteiger partial charge in [0.1, 0.15) is 6.04 Å². The molecule has 6 heteroatoms. The average Bonchev–Trinajstić information content (AvgIpc) is 2.43. The van der Waals surface area contributed by atoms with Crippen LogP contribution < -0.4 is 5.73 Å². The van der Waals surface area contributed by atoms with Crippen LogP contribution in [-0.2, 0) is 6.54 Å². The zero-order chi connectivity index (χ0) is 10.9. The minimum absolute atomic E-state index is 0.0411. The largest absolute Gasteiger partial charge is 0.407 e. The molecule has 1 rings (SSSR count). The lowest BCUT2D eigenvalue weighted by Gasteiger charge is -2.14. The Morgan fingerprint density at radius 3 is 2.50 bits per heavy atom. The molecule has 0 bridgehead atoms. The second-order valence-corrected chi connectivity index (χ2v) is 3.04. The van der Waals surface area contributed by atoms with Crippen molar-refractivity contribution in [1.82, 2.24) is 9.78 Å². The van der Waals surface area contributed by atoms with Gasteiger partial charge in [-0.2, -0.15) is 18.3 Å². The van der Waals surface area contributed by atoms with Crippen molar-refractivity contribution in [1.29, 1.82) is 0 Å². The normalized spacial score (nSPS) is 14.4. The van der Waals surface area contributed by atoms with Gasteiger partial charge in [-0.25, -0.2) is 0 Å². The average molecular weight is 207 g/mol. The summed E-state index contributed by atoms with van der Waals surface area (Å²) in [4.78, 5) is 0. The van der Waals surface area contributed by atoms with E-state index in [0.29, 0.717) is 12.2 Å². The molecule has 80 valence electrons. The highest BCUT2D eigenvalue weighted by Gasteiger charge is 2.39. The Labute approximate surface area is 79.7 Å². The van der Waals surface area contributed by atoms with Gasteiger partial charge in [0.05, 0.1) is 5.69 Å². The number of rotatable bonds is 2. The number of nitrogens with two attached hydrogens (primary N) is 1. The third-order valence-corrected chi connectivity index (χ3v) is 2.00. The van der Waals surface area contributed by atoms with Crippen LogP contribution >= 0.6 is 0 Å². The molecule has 0 saturated heterocycles. The molecule has 0 aliphatic rings. The third-order valence-electron chi connectivity index (χ3n) is 2.00. The van der Waals surface area contributed by atoms with Crippen LogP contribution in [0.3, 0.4) is 0 Å². The summed E-state index contributed by atoms with van der Waals surface area (Å²) in [6.45, 7) is 3.86. The van der Waals surface area contributed by atoms with Crippen molar-refractivity contribution in [2.45, 2.75) is 32.6 Å². The van der Waals surface area contributed by atoms with Gasteiger partial charge < -0.3 is 5.73 Å². The molecule has 0 saturated carbocycles. The molecule has 0 aliphatic heterocycles. The maximum atomic E-state index is 12.3. The fraction of sp³-hybridized carbons (Fsp3) is 0.625. The van der Waals surface area contributed by atoms with Gasteiger partial charge in [-0.05, 0) is 13.8 Å². The fourth-order valence-corrected chi connectivity index (χ4v) is 1.18. The van der Waals surface area contributed by atoms with E-state index in [-0.39, 0.29) is 5.56 Å². The second kappa shape index (κ2) is 3.61. The van der Waals surface area contributed by atoms with Crippen LogP contribution in [0.1, 0.15) is 24.2 Å². The van der Waals surface area contributed by atoms with E-state index in [4.69, 9.17) is 5.73 Å². The van der Waals surface area contributed by atoms with Gasteiger partial charge in [-0.1, -0.05) is 0 Å². The minimum Gasteiger partial charge on any atom is -0.316 e. The van der Waals surface area contributed by atoms with Crippen LogP contribution in [0.4, 0.5) is 13.2 Å². The summed E-state index contributed by atoms with van der Waals surface area (Å²) in [5.74, 6) is 0. The zero-order valence-electron chi connectivity index (χ0n) is 7.97. The molecule has 14 heavy (non-hydrogen) atoms. The van der Waals surface area contributed by atoms with Gasteiger partial charge in [-0.3, -0.25) is 4.68 Å². The quantitative estimate of drug-likeness (QED) is 0.803. The summed E-state index contributed by atoms with van der Waals surface area (Å²) >= 11 is 0. The smallest absolute Gasteiger partial charge is 0.316 e. The predicted octanol–water partition coefficient (Wildman–Crippen LogP) is 1.77. The molecule has 1 aromatic heterocycles. The van der Waals surface area contributed by atoms with Gasteiger partial charge in [0, 0.05) is 18.3 Å². The first-order chi connectivity index (χ1) is 6.36. The van der Waals surface area contributed by atoms with Crippen LogP contribution in [0.5, 0.6) is 0 Å². The predicted molar refractivity (Wildman–Crippen MR) is 45.6 cm³/mol. The van der Waals surface area contributed by atoms with Crippen molar-refractivity contribution in [3.05, 3.63) is 17.5 Å². The molecule has 0 amide bonds. The topological polar surface area (TPSA) is 43.8 Å². The van der Waals surface area contributed by atoms with Crippen molar-refractivity contribution in [2.75, 3.05) is 0 Å². The first-order valence-electron chi connectivity index (χ1n) is 4.22. The van der Waals surface area contributed by atoms with E-state index in [1.165, 1.54) is 17.8 Å². The van der Waals surface area contributed by atoms with E-state index in [1.807, 2.05) is 0 Å². The molecule has 0 unspecified atom stereocenters. The first-order valence-corrected chi connectivity index (χ1v) is 4.22. The van der Waals surface area contributed by atoms with E-state index >= 15 is 0 Å². The Balaban J connectivity index is 3.01. The van der Waals surface area contributed by atoms with Gasteiger partial charge in [0.15, 0.2) is 0 Å². The lowest BCUT2D eigenvalue weighted by atomic mass is 10.1. The number of halogens is 3. The lowest BCUT2D eigenvalue weighted by Crippen LogP contribution is -2.28. The molecular formula is C8H12F3N3. The molecule has 1 aromatic rings. The summed E-state index contributed by atoms with van der Waals surface area (Å²) in [6.07, 6.45) is -3.07. The summed E-state index contributed by atoms with van der Waals surface area (Å²) in [5.41, 5.74) is 5.43. The van der Waals surface area contributed by atoms with E-state index in [2.05, 4.69) is 5.10 Å². The molecule has 0 fully saturated rings. The highest BCUT2D eigenvalue weighted by molar-refractivity contribution is 5.21. The van der Waals surface area contributed by atoms with E-state index < -0.39 is 12.2 Å². The lowest BCUT2D eigenvalue weighted by molar-refractivity contribution is -0.149. The number of aromatic nitrogens is 2. The number of nitrogens with zero attached hydrogens (tertiary/aromatic N) is 2. The Bertz CT molecular complexity index is 316. The highest BCUT2D eigenvalue weighted by Crippen LogP contribution is 2.31. The van der Waals surface area contributed by atoms with Crippen LogP contribution in [0.15, 0.2) is 6.20 Å². The fourth-order valence-electron chi connectivity index (χ4n) is 1.18. The van der Waals surface area contributed by atoms with E-state index in [1.54, 1.807) is 6.92 Å². The molecule has 1 atom stereocenters. The van der Waals surface area contributed by atoms with Crippen molar-refractivity contribution in [3.63, 3.8) is 0 Å². The number of alkyl halides is 3. The Kier molecular flexibility index (Phi) is 2.84. The Morgan fingerprint density at radius 2 is 2.14 bits per heavy atom. The maximum Gasteiger partial charge on any atom is 0.407 e. The summed E-state index contributed by atoms with van der Waals surface area (Å²) in [6, 6.07) is -1.94. The van der Waals surface area contributed by atoms with E-state index in [0.717, 1.165) is 0 Å². The summed E-state index contributed by atoms with van der Waals surface area (Å²) in [5, 5.41) is 3.90. The number of aryl methyl sites for hydroxylation is 2. The van der Waals surface area contributed by atoms with Crippen molar-refractivity contribution < 1.29 is 13.2 Å². The van der Waals surface area contributed by atoms with Gasteiger partial charge in [0.2, 0.25) is 0 Å². The zero-order valence-corrected chi connectivity index (χ0v) is 7.97. The van der Waals surface area contributed by atoms with E-state index in [9.17, 15) is 13.2 Å². The molecule has 0 spiro atoms. The molecule has 3 nitrogen and oxygen atoms in total. The molecule has 0 aliphatic carbocycles. The molecule has 1 heterocycles. The molecule has 2 N–H and O–H groups in total. The maximum absolute atomic E-state index is 12.3. The van der Waals surface area contributed by atoms with Crippen molar-refractivity contribution >= 4 is 0 Å². The van der Waals surface area contributed by atoms with Gasteiger partial charge in [-0.15, -0.1) is 0 Å². The molecular weight excluding hydrogens is 195 g/mol. The first kappa shape index (κ1) is 11.0. The van der Waals surface area contributed by atoms with Crippen LogP contribution in [0.25, 0.3) is 0 Å². The van der Waals surface area contributed by atoms with Crippen LogP contribution in [-0.4, -0.2) is 16.0 Å². The Hall–Kier alpha value is -1.04. The van der Waals surface area contributed by atoms with Crippen LogP contribution in [0.2, 0.25) is 0 Å². The highest BCUT2D eigenvalue weighted by atomic mass is 19.4. The standard InChI is InChI=1S/C8H12F3N3/c1-3-14-4-6(5(2)13-14)7(12)8(9,10)11/h4,7H,3,12H2,1-2H3/t7-/m1/s1. The molecule has 0 aromatic carbocycles. The SMILES string of the molecule is CCn1cc([C@@H](N)C(F)(F)F)c(C)n1. The van der Waals surface area contributed by atoms with Crippen molar-refractivity contribution in [3.8, 4) is 0 Å². The summed E-state index contributed by atoms with van der Waals surface area (Å²) in [7, 11) is 0. The number of hydrogen-bond donors (Lipinski definition) is 1. The summed E-state index contributed by atoms with van der Waals surface area (Å²) < 4.78 is 38.2. The molecule has 0 radical (unpaired) electrons. The Morgan fingerprint density at radius 1 is 1.57 bits per heavy atom. The second-order valence-electron chi connectivity index (χ2n) is 3.04. The van der Waals surface area contributed by atoms with Crippen molar-refractivity contribution in [2.24, 2.45) is 5.73 Å². The van der Waals surface area contributed by atoms with Gasteiger partial charge >= 0.3 is 6.18 Å². The minimum atomic E-state index is -4.41. The number of hydrogen-bond acceptors (Lipinski definition) is 2. The monoisotopic (exact) mass is 207 g/mol. The van der Waals surface area contributed by atoms with Crippen LogP contribution in [0, 0.1) is 6.92 Å². The van der Waals surface area contributed by atoms with Gasteiger partial charge in [0.25, 0.3) is 0 Å².